The Labute approximate surface area is 164 Å². The SMILES string of the molecule is CC(C)(C)S(=O)(=O)NC1CCC(CNc2ccc(N3CC=CC3)cc2)CC1. The zero-order chi connectivity index (χ0) is 19.5. The average Bonchev–Trinajstić information content (AvgIpc) is 3.15. The van der Waals surface area contributed by atoms with Crippen molar-refractivity contribution >= 4 is 21.4 Å². The van der Waals surface area contributed by atoms with Gasteiger partial charge < -0.3 is 10.2 Å². The summed E-state index contributed by atoms with van der Waals surface area (Å²) in [6.45, 7) is 8.18. The highest BCUT2D eigenvalue weighted by molar-refractivity contribution is 7.90. The maximum Gasteiger partial charge on any atom is 0.216 e. The summed E-state index contributed by atoms with van der Waals surface area (Å²) in [6.07, 6.45) is 8.35. The molecule has 1 aliphatic heterocycles. The monoisotopic (exact) mass is 391 g/mol. The molecule has 0 atom stereocenters. The number of sulfonamides is 1. The third-order valence-corrected chi connectivity index (χ3v) is 7.88. The first-order valence-electron chi connectivity index (χ1n) is 10.0. The Balaban J connectivity index is 1.42. The second-order valence-corrected chi connectivity index (χ2v) is 11.2. The van der Waals surface area contributed by atoms with Crippen LogP contribution in [0.25, 0.3) is 0 Å². The first-order valence-corrected chi connectivity index (χ1v) is 11.5. The number of hydrogen-bond donors (Lipinski definition) is 2. The number of nitrogens with zero attached hydrogens (tertiary/aromatic N) is 1. The molecule has 0 saturated heterocycles. The minimum Gasteiger partial charge on any atom is -0.385 e. The van der Waals surface area contributed by atoms with Gasteiger partial charge in [-0.05, 0) is 76.6 Å². The van der Waals surface area contributed by atoms with Gasteiger partial charge in [0.1, 0.15) is 0 Å². The van der Waals surface area contributed by atoms with Gasteiger partial charge in [0.15, 0.2) is 0 Å². The van der Waals surface area contributed by atoms with Crippen molar-refractivity contribution in [3.63, 3.8) is 0 Å². The van der Waals surface area contributed by atoms with Crippen LogP contribution in [0.2, 0.25) is 0 Å². The number of rotatable bonds is 6. The minimum atomic E-state index is -3.26. The van der Waals surface area contributed by atoms with Crippen molar-refractivity contribution in [3.8, 4) is 0 Å². The highest BCUT2D eigenvalue weighted by Gasteiger charge is 2.32. The van der Waals surface area contributed by atoms with Crippen LogP contribution in [0.15, 0.2) is 36.4 Å². The molecule has 2 N–H and O–H groups in total. The van der Waals surface area contributed by atoms with E-state index < -0.39 is 14.8 Å². The van der Waals surface area contributed by atoms with Crippen LogP contribution in [0, 0.1) is 5.92 Å². The van der Waals surface area contributed by atoms with Gasteiger partial charge in [-0.2, -0.15) is 0 Å². The van der Waals surface area contributed by atoms with Crippen molar-refractivity contribution in [1.29, 1.82) is 0 Å². The fraction of sp³-hybridized carbons (Fsp3) is 0.619. The van der Waals surface area contributed by atoms with E-state index in [1.807, 2.05) is 0 Å². The van der Waals surface area contributed by atoms with Gasteiger partial charge in [0.05, 0.1) is 4.75 Å². The molecule has 0 spiro atoms. The lowest BCUT2D eigenvalue weighted by Gasteiger charge is -2.31. The normalized spacial score (nSPS) is 23.6. The standard InChI is InChI=1S/C21H33N3O2S/c1-21(2,3)27(25,26)23-19-8-6-17(7-9-19)16-22-18-10-12-20(13-11-18)24-14-4-5-15-24/h4-5,10-13,17,19,22-23H,6-9,14-16H2,1-3H3. The van der Waals surface area contributed by atoms with Crippen LogP contribution in [-0.4, -0.2) is 38.8 Å². The van der Waals surface area contributed by atoms with Crippen molar-refractivity contribution in [3.05, 3.63) is 36.4 Å². The van der Waals surface area contributed by atoms with E-state index in [2.05, 4.69) is 51.4 Å². The van der Waals surface area contributed by atoms with Gasteiger partial charge in [-0.15, -0.1) is 0 Å². The van der Waals surface area contributed by atoms with Crippen molar-refractivity contribution in [2.24, 2.45) is 5.92 Å². The molecule has 1 aliphatic carbocycles. The summed E-state index contributed by atoms with van der Waals surface area (Å²) in [5.41, 5.74) is 2.42. The molecule has 0 amide bonds. The van der Waals surface area contributed by atoms with Gasteiger partial charge in [-0.1, -0.05) is 12.2 Å². The Hall–Kier alpha value is -1.53. The molecule has 150 valence electrons. The van der Waals surface area contributed by atoms with Crippen LogP contribution in [0.5, 0.6) is 0 Å². The quantitative estimate of drug-likeness (QED) is 0.725. The molecule has 27 heavy (non-hydrogen) atoms. The van der Waals surface area contributed by atoms with E-state index in [0.29, 0.717) is 5.92 Å². The largest absolute Gasteiger partial charge is 0.385 e. The van der Waals surface area contributed by atoms with Gasteiger partial charge in [-0.25, -0.2) is 13.1 Å². The Morgan fingerprint density at radius 2 is 1.59 bits per heavy atom. The highest BCUT2D eigenvalue weighted by atomic mass is 32.2. The summed E-state index contributed by atoms with van der Waals surface area (Å²) < 4.78 is 26.8. The molecule has 0 aromatic heterocycles. The molecule has 5 nitrogen and oxygen atoms in total. The van der Waals surface area contributed by atoms with Crippen LogP contribution in [0.4, 0.5) is 11.4 Å². The van der Waals surface area contributed by atoms with Crippen molar-refractivity contribution in [2.45, 2.75) is 57.2 Å². The maximum absolute atomic E-state index is 12.3. The zero-order valence-corrected chi connectivity index (χ0v) is 17.6. The highest BCUT2D eigenvalue weighted by Crippen LogP contribution is 2.27. The van der Waals surface area contributed by atoms with Crippen molar-refractivity contribution < 1.29 is 8.42 Å². The molecule has 1 aromatic carbocycles. The van der Waals surface area contributed by atoms with Gasteiger partial charge in [0, 0.05) is 37.1 Å². The Bertz CT molecular complexity index is 735. The molecule has 6 heteroatoms. The lowest BCUT2D eigenvalue weighted by Crippen LogP contribution is -2.46. The van der Waals surface area contributed by atoms with E-state index in [1.54, 1.807) is 20.8 Å². The first-order chi connectivity index (χ1) is 12.7. The summed E-state index contributed by atoms with van der Waals surface area (Å²) >= 11 is 0. The lowest BCUT2D eigenvalue weighted by atomic mass is 9.86. The van der Waals surface area contributed by atoms with Crippen LogP contribution in [0.3, 0.4) is 0 Å². The Morgan fingerprint density at radius 1 is 1.00 bits per heavy atom. The predicted molar refractivity (Wildman–Crippen MR) is 114 cm³/mol. The molecule has 0 bridgehead atoms. The molecule has 1 fully saturated rings. The van der Waals surface area contributed by atoms with Gasteiger partial charge in [0.2, 0.25) is 10.0 Å². The summed E-state index contributed by atoms with van der Waals surface area (Å²) in [5, 5.41) is 3.55. The van der Waals surface area contributed by atoms with Crippen molar-refractivity contribution in [1.82, 2.24) is 4.72 Å². The summed E-state index contributed by atoms with van der Waals surface area (Å²) in [5.74, 6) is 0.600. The molecule has 2 aliphatic rings. The molecule has 1 heterocycles. The average molecular weight is 392 g/mol. The molecular weight excluding hydrogens is 358 g/mol. The molecule has 1 saturated carbocycles. The van der Waals surface area contributed by atoms with E-state index in [0.717, 1.165) is 51.0 Å². The second kappa shape index (κ2) is 8.23. The molecular formula is C21H33N3O2S. The maximum atomic E-state index is 12.3. The lowest BCUT2D eigenvalue weighted by molar-refractivity contribution is 0.322. The van der Waals surface area contributed by atoms with E-state index in [1.165, 1.54) is 5.69 Å². The summed E-state index contributed by atoms with van der Waals surface area (Å²) in [4.78, 5) is 2.34. The topological polar surface area (TPSA) is 61.4 Å². The molecule has 3 rings (SSSR count). The first kappa shape index (κ1) is 20.2. The van der Waals surface area contributed by atoms with Crippen LogP contribution >= 0.6 is 0 Å². The smallest absolute Gasteiger partial charge is 0.216 e. The number of nitrogens with one attached hydrogen (secondary N) is 2. The van der Waals surface area contributed by atoms with Gasteiger partial charge in [-0.3, -0.25) is 0 Å². The third-order valence-electron chi connectivity index (χ3n) is 5.62. The van der Waals surface area contributed by atoms with Crippen molar-refractivity contribution in [2.75, 3.05) is 29.9 Å². The van der Waals surface area contributed by atoms with Gasteiger partial charge in [0.25, 0.3) is 0 Å². The van der Waals surface area contributed by atoms with E-state index in [4.69, 9.17) is 0 Å². The minimum absolute atomic E-state index is 0.0822. The fourth-order valence-electron chi connectivity index (χ4n) is 3.62. The fourth-order valence-corrected chi connectivity index (χ4v) is 4.65. The molecule has 1 aromatic rings. The van der Waals surface area contributed by atoms with E-state index in [-0.39, 0.29) is 6.04 Å². The molecule has 0 unspecified atom stereocenters. The Kier molecular flexibility index (Phi) is 6.16. The van der Waals surface area contributed by atoms with E-state index in [9.17, 15) is 8.42 Å². The zero-order valence-electron chi connectivity index (χ0n) is 16.7. The molecule has 0 radical (unpaired) electrons. The third kappa shape index (κ3) is 5.26. The number of benzene rings is 1. The second-order valence-electron chi connectivity index (χ2n) is 8.76. The van der Waals surface area contributed by atoms with Crippen LogP contribution in [-0.2, 0) is 10.0 Å². The van der Waals surface area contributed by atoms with Crippen LogP contribution < -0.4 is 14.9 Å². The van der Waals surface area contributed by atoms with Crippen LogP contribution in [0.1, 0.15) is 46.5 Å². The Morgan fingerprint density at radius 3 is 2.15 bits per heavy atom. The summed E-state index contributed by atoms with van der Waals surface area (Å²) in [7, 11) is -3.26. The number of anilines is 2. The predicted octanol–water partition coefficient (Wildman–Crippen LogP) is 3.75. The van der Waals surface area contributed by atoms with E-state index >= 15 is 0 Å². The summed E-state index contributed by atoms with van der Waals surface area (Å²) in [6, 6.07) is 8.73. The van der Waals surface area contributed by atoms with Gasteiger partial charge >= 0.3 is 0 Å². The number of hydrogen-bond acceptors (Lipinski definition) is 4.